The minimum atomic E-state index is -0.265. The Morgan fingerprint density at radius 1 is 1.00 bits per heavy atom. The summed E-state index contributed by atoms with van der Waals surface area (Å²) in [4.78, 5) is 14.8. The number of unbranched alkanes of at least 4 members (excludes halogenated alkanes) is 2. The van der Waals surface area contributed by atoms with Crippen LogP contribution in [-0.2, 0) is 17.8 Å². The molecule has 0 saturated heterocycles. The predicted octanol–water partition coefficient (Wildman–Crippen LogP) is 4.36. The maximum absolute atomic E-state index is 13.2. The summed E-state index contributed by atoms with van der Waals surface area (Å²) in [6.45, 7) is 4.41. The molecular formula is C22H26FNO3. The van der Waals surface area contributed by atoms with Gasteiger partial charge in [0.2, 0.25) is 5.91 Å². The fraction of sp³-hybridized carbons (Fsp3) is 0.409. The van der Waals surface area contributed by atoms with Gasteiger partial charge < -0.3 is 14.4 Å². The molecule has 0 atom stereocenters. The molecule has 0 fully saturated rings. The van der Waals surface area contributed by atoms with Crippen molar-refractivity contribution in [2.45, 2.75) is 39.2 Å². The number of benzene rings is 2. The molecule has 0 spiro atoms. The molecule has 2 aromatic carbocycles. The average molecular weight is 371 g/mol. The van der Waals surface area contributed by atoms with Gasteiger partial charge in [-0.1, -0.05) is 38.0 Å². The summed E-state index contributed by atoms with van der Waals surface area (Å²) in [5.41, 5.74) is 1.84. The number of hydrogen-bond donors (Lipinski definition) is 0. The average Bonchev–Trinajstić information content (AvgIpc) is 2.69. The van der Waals surface area contributed by atoms with Crippen molar-refractivity contribution >= 4 is 5.91 Å². The van der Waals surface area contributed by atoms with Gasteiger partial charge in [-0.3, -0.25) is 4.79 Å². The van der Waals surface area contributed by atoms with Crippen LogP contribution in [0.2, 0.25) is 0 Å². The van der Waals surface area contributed by atoms with Crippen molar-refractivity contribution in [3.05, 3.63) is 59.4 Å². The van der Waals surface area contributed by atoms with E-state index in [1.54, 1.807) is 12.1 Å². The summed E-state index contributed by atoms with van der Waals surface area (Å²) in [5.74, 6) is 1.22. The zero-order chi connectivity index (χ0) is 19.1. The Hall–Kier alpha value is -2.56. The first-order valence-electron chi connectivity index (χ1n) is 9.56. The molecule has 0 radical (unpaired) electrons. The second-order valence-electron chi connectivity index (χ2n) is 6.80. The molecule has 1 amide bonds. The number of halogens is 1. The fourth-order valence-electron chi connectivity index (χ4n) is 3.14. The van der Waals surface area contributed by atoms with E-state index in [-0.39, 0.29) is 11.7 Å². The molecule has 3 rings (SSSR count). The quantitative estimate of drug-likeness (QED) is 0.647. The van der Waals surface area contributed by atoms with Crippen LogP contribution in [0.4, 0.5) is 4.39 Å². The lowest BCUT2D eigenvalue weighted by Gasteiger charge is -2.24. The second kappa shape index (κ2) is 9.40. The minimum Gasteiger partial charge on any atom is -0.486 e. The summed E-state index contributed by atoms with van der Waals surface area (Å²) in [6.07, 6.45) is 3.45. The smallest absolute Gasteiger partial charge is 0.227 e. The van der Waals surface area contributed by atoms with Gasteiger partial charge in [0.25, 0.3) is 0 Å². The lowest BCUT2D eigenvalue weighted by atomic mass is 10.1. The number of fused-ring (bicyclic) bond motifs is 1. The van der Waals surface area contributed by atoms with Crippen molar-refractivity contribution in [2.24, 2.45) is 0 Å². The summed E-state index contributed by atoms with van der Waals surface area (Å²) < 4.78 is 24.3. The van der Waals surface area contributed by atoms with Crippen LogP contribution in [0.15, 0.2) is 42.5 Å². The molecule has 27 heavy (non-hydrogen) atoms. The summed E-state index contributed by atoms with van der Waals surface area (Å²) in [5, 5.41) is 0. The van der Waals surface area contributed by atoms with Crippen LogP contribution in [0.3, 0.4) is 0 Å². The number of rotatable bonds is 8. The van der Waals surface area contributed by atoms with Gasteiger partial charge in [0, 0.05) is 13.1 Å². The Balaban J connectivity index is 1.68. The zero-order valence-corrected chi connectivity index (χ0v) is 15.7. The molecule has 0 aromatic heterocycles. The molecule has 1 aliphatic heterocycles. The van der Waals surface area contributed by atoms with E-state index in [9.17, 15) is 9.18 Å². The monoisotopic (exact) mass is 371 g/mol. The topological polar surface area (TPSA) is 38.8 Å². The van der Waals surface area contributed by atoms with Gasteiger partial charge in [0.15, 0.2) is 11.5 Å². The number of carbonyl (C=O) groups is 1. The number of nitrogens with zero attached hydrogens (tertiary/aromatic N) is 1. The Bertz CT molecular complexity index is 761. The van der Waals surface area contributed by atoms with Crippen LogP contribution in [0.5, 0.6) is 11.5 Å². The Labute approximate surface area is 159 Å². The minimum absolute atomic E-state index is 0.0621. The molecule has 0 saturated carbocycles. The normalized spacial score (nSPS) is 12.7. The standard InChI is InChI=1S/C22H26FNO3/c1-2-3-4-11-24(16-17-5-8-19(23)9-6-17)22(25)15-18-7-10-20-21(14-18)27-13-12-26-20/h5-10,14H,2-4,11-13,15-16H2,1H3. The molecule has 2 aromatic rings. The van der Waals surface area contributed by atoms with Crippen molar-refractivity contribution in [3.63, 3.8) is 0 Å². The van der Waals surface area contributed by atoms with E-state index < -0.39 is 0 Å². The SMILES string of the molecule is CCCCCN(Cc1ccc(F)cc1)C(=O)Cc1ccc2c(c1)OCCO2. The van der Waals surface area contributed by atoms with Gasteiger partial charge in [0.05, 0.1) is 6.42 Å². The van der Waals surface area contributed by atoms with Crippen molar-refractivity contribution in [1.29, 1.82) is 0 Å². The summed E-state index contributed by atoms with van der Waals surface area (Å²) in [6, 6.07) is 12.0. The van der Waals surface area contributed by atoms with Crippen LogP contribution in [-0.4, -0.2) is 30.6 Å². The largest absolute Gasteiger partial charge is 0.486 e. The van der Waals surface area contributed by atoms with Gasteiger partial charge in [-0.05, 0) is 41.8 Å². The van der Waals surface area contributed by atoms with Crippen LogP contribution in [0.25, 0.3) is 0 Å². The van der Waals surface area contributed by atoms with E-state index in [1.807, 2.05) is 23.1 Å². The van der Waals surface area contributed by atoms with E-state index in [1.165, 1.54) is 12.1 Å². The first-order chi connectivity index (χ1) is 13.2. The molecule has 0 unspecified atom stereocenters. The van der Waals surface area contributed by atoms with E-state index in [0.717, 1.165) is 36.1 Å². The number of carbonyl (C=O) groups excluding carboxylic acids is 1. The van der Waals surface area contributed by atoms with Gasteiger partial charge in [-0.25, -0.2) is 4.39 Å². The summed E-state index contributed by atoms with van der Waals surface area (Å²) >= 11 is 0. The van der Waals surface area contributed by atoms with E-state index in [4.69, 9.17) is 9.47 Å². The van der Waals surface area contributed by atoms with E-state index in [0.29, 0.717) is 38.5 Å². The first-order valence-corrected chi connectivity index (χ1v) is 9.56. The molecule has 0 bridgehead atoms. The van der Waals surface area contributed by atoms with Gasteiger partial charge in [-0.2, -0.15) is 0 Å². The molecule has 0 aliphatic carbocycles. The highest BCUT2D eigenvalue weighted by molar-refractivity contribution is 5.79. The van der Waals surface area contributed by atoms with Crippen LogP contribution in [0.1, 0.15) is 37.3 Å². The van der Waals surface area contributed by atoms with E-state index >= 15 is 0 Å². The molecule has 1 heterocycles. The highest BCUT2D eigenvalue weighted by atomic mass is 19.1. The summed E-state index contributed by atoms with van der Waals surface area (Å²) in [7, 11) is 0. The Kier molecular flexibility index (Phi) is 6.69. The molecule has 5 heteroatoms. The van der Waals surface area contributed by atoms with Gasteiger partial charge in [-0.15, -0.1) is 0 Å². The maximum Gasteiger partial charge on any atom is 0.227 e. The molecule has 0 N–H and O–H groups in total. The van der Waals surface area contributed by atoms with Crippen molar-refractivity contribution in [1.82, 2.24) is 4.90 Å². The van der Waals surface area contributed by atoms with Crippen LogP contribution in [0, 0.1) is 5.82 Å². The molecular weight excluding hydrogens is 345 g/mol. The fourth-order valence-corrected chi connectivity index (χ4v) is 3.14. The first kappa shape index (κ1) is 19.2. The van der Waals surface area contributed by atoms with Crippen LogP contribution >= 0.6 is 0 Å². The highest BCUT2D eigenvalue weighted by Crippen LogP contribution is 2.31. The molecule has 1 aliphatic rings. The maximum atomic E-state index is 13.2. The molecule has 4 nitrogen and oxygen atoms in total. The Morgan fingerprint density at radius 2 is 1.70 bits per heavy atom. The number of ether oxygens (including phenoxy) is 2. The third-order valence-electron chi connectivity index (χ3n) is 4.63. The van der Waals surface area contributed by atoms with Crippen molar-refractivity contribution in [2.75, 3.05) is 19.8 Å². The third-order valence-corrected chi connectivity index (χ3v) is 4.63. The van der Waals surface area contributed by atoms with Gasteiger partial charge >= 0.3 is 0 Å². The van der Waals surface area contributed by atoms with E-state index in [2.05, 4.69) is 6.92 Å². The molecule has 144 valence electrons. The lowest BCUT2D eigenvalue weighted by molar-refractivity contribution is -0.131. The predicted molar refractivity (Wildman–Crippen MR) is 102 cm³/mol. The lowest BCUT2D eigenvalue weighted by Crippen LogP contribution is -2.32. The third kappa shape index (κ3) is 5.46. The zero-order valence-electron chi connectivity index (χ0n) is 15.7. The Morgan fingerprint density at radius 3 is 2.44 bits per heavy atom. The van der Waals surface area contributed by atoms with Crippen molar-refractivity contribution in [3.8, 4) is 11.5 Å². The number of hydrogen-bond acceptors (Lipinski definition) is 3. The van der Waals surface area contributed by atoms with Gasteiger partial charge in [0.1, 0.15) is 19.0 Å². The number of amides is 1. The highest BCUT2D eigenvalue weighted by Gasteiger charge is 2.17. The van der Waals surface area contributed by atoms with Crippen molar-refractivity contribution < 1.29 is 18.7 Å². The second-order valence-corrected chi connectivity index (χ2v) is 6.80. The van der Waals surface area contributed by atoms with Crippen LogP contribution < -0.4 is 9.47 Å².